The Labute approximate surface area is 135 Å². The summed E-state index contributed by atoms with van der Waals surface area (Å²) in [6, 6.07) is 0. The molecule has 0 unspecified atom stereocenters. The first-order valence-electron chi connectivity index (χ1n) is 7.01. The molecule has 116 valence electrons. The van der Waals surface area contributed by atoms with Crippen molar-refractivity contribution in [1.82, 2.24) is 15.0 Å². The summed E-state index contributed by atoms with van der Waals surface area (Å²) in [7, 11) is 0. The van der Waals surface area contributed by atoms with Gasteiger partial charge in [0.25, 0.3) is 5.56 Å². The molecule has 0 spiro atoms. The van der Waals surface area contributed by atoms with E-state index in [4.69, 9.17) is 0 Å². The number of aromatic amines is 1. The molecule has 0 fully saturated rings. The molecule has 0 bridgehead atoms. The Morgan fingerprint density at radius 1 is 1.36 bits per heavy atom. The number of amides is 1. The molecule has 0 aromatic carbocycles. The van der Waals surface area contributed by atoms with Gasteiger partial charge in [0.15, 0.2) is 10.3 Å². The Hall–Kier alpha value is -1.67. The second-order valence-corrected chi connectivity index (χ2v) is 7.31. The molecule has 2 heterocycles. The van der Waals surface area contributed by atoms with Crippen molar-refractivity contribution in [3.05, 3.63) is 32.2 Å². The van der Waals surface area contributed by atoms with Gasteiger partial charge >= 0.3 is 0 Å². The number of H-pyrrole nitrogens is 1. The molecule has 1 aliphatic carbocycles. The van der Waals surface area contributed by atoms with Gasteiger partial charge in [0.05, 0.1) is 17.1 Å². The van der Waals surface area contributed by atoms with Gasteiger partial charge in [0.2, 0.25) is 5.91 Å². The van der Waals surface area contributed by atoms with Crippen molar-refractivity contribution in [1.29, 1.82) is 0 Å². The van der Waals surface area contributed by atoms with Crippen LogP contribution in [0.25, 0.3) is 0 Å². The van der Waals surface area contributed by atoms with E-state index in [1.807, 2.05) is 13.8 Å². The molecular weight excluding hydrogens is 320 g/mol. The Bertz CT molecular complexity index is 762. The lowest BCUT2D eigenvalue weighted by atomic mass is 10.3. The predicted molar refractivity (Wildman–Crippen MR) is 87.8 cm³/mol. The minimum Gasteiger partial charge on any atom is -0.301 e. The van der Waals surface area contributed by atoms with Gasteiger partial charge in [-0.2, -0.15) is 0 Å². The van der Waals surface area contributed by atoms with Gasteiger partial charge in [0.1, 0.15) is 0 Å². The predicted octanol–water partition coefficient (Wildman–Crippen LogP) is 2.06. The van der Waals surface area contributed by atoms with Crippen LogP contribution >= 0.6 is 23.1 Å². The number of rotatable bonds is 4. The highest BCUT2D eigenvalue weighted by atomic mass is 32.2. The van der Waals surface area contributed by atoms with E-state index < -0.39 is 0 Å². The monoisotopic (exact) mass is 336 g/mol. The Morgan fingerprint density at radius 2 is 2.18 bits per heavy atom. The molecular formula is C14H16N4O2S2. The van der Waals surface area contributed by atoms with Gasteiger partial charge in [-0.3, -0.25) is 9.59 Å². The van der Waals surface area contributed by atoms with Crippen LogP contribution in [0.3, 0.4) is 0 Å². The van der Waals surface area contributed by atoms with Crippen LogP contribution < -0.4 is 10.9 Å². The molecule has 6 nitrogen and oxygen atoms in total. The second kappa shape index (κ2) is 6.21. The summed E-state index contributed by atoms with van der Waals surface area (Å²) < 4.78 is 0. The largest absolute Gasteiger partial charge is 0.301 e. The third-order valence-electron chi connectivity index (χ3n) is 3.53. The first-order valence-corrected chi connectivity index (χ1v) is 8.82. The number of aromatic nitrogens is 3. The third-order valence-corrected chi connectivity index (χ3v) is 5.40. The number of nitrogens with zero attached hydrogens (tertiary/aromatic N) is 2. The molecule has 0 saturated heterocycles. The first-order chi connectivity index (χ1) is 10.5. The highest BCUT2D eigenvalue weighted by Crippen LogP contribution is 2.22. The number of nitrogens with one attached hydrogen (secondary N) is 2. The highest BCUT2D eigenvalue weighted by molar-refractivity contribution is 7.99. The van der Waals surface area contributed by atoms with E-state index in [0.717, 1.165) is 41.1 Å². The maximum atomic E-state index is 11.9. The zero-order valence-electron chi connectivity index (χ0n) is 12.4. The lowest BCUT2D eigenvalue weighted by Crippen LogP contribution is -2.17. The zero-order valence-corrected chi connectivity index (χ0v) is 14.0. The summed E-state index contributed by atoms with van der Waals surface area (Å²) in [4.78, 5) is 36.4. The highest BCUT2D eigenvalue weighted by Gasteiger charge is 2.17. The van der Waals surface area contributed by atoms with Crippen molar-refractivity contribution in [3.63, 3.8) is 0 Å². The number of anilines is 1. The minimum absolute atomic E-state index is 0.0726. The molecule has 0 radical (unpaired) electrons. The average molecular weight is 336 g/mol. The SMILES string of the molecule is Cc1nc(NC(=O)CSc2nc3c(c(=O)[nH]2)CCC3)sc1C. The van der Waals surface area contributed by atoms with Crippen molar-refractivity contribution in [2.45, 2.75) is 38.3 Å². The molecule has 1 amide bonds. The van der Waals surface area contributed by atoms with Crippen LogP contribution in [0.15, 0.2) is 9.95 Å². The molecule has 8 heteroatoms. The van der Waals surface area contributed by atoms with E-state index in [9.17, 15) is 9.59 Å². The Kier molecular flexibility index (Phi) is 4.30. The zero-order chi connectivity index (χ0) is 15.7. The number of aryl methyl sites for hydroxylation is 3. The first kappa shape index (κ1) is 15.2. The second-order valence-electron chi connectivity index (χ2n) is 5.15. The fourth-order valence-electron chi connectivity index (χ4n) is 2.30. The molecule has 2 aromatic rings. The van der Waals surface area contributed by atoms with E-state index in [-0.39, 0.29) is 17.2 Å². The summed E-state index contributed by atoms with van der Waals surface area (Å²) in [6.45, 7) is 3.88. The summed E-state index contributed by atoms with van der Waals surface area (Å²) in [6.07, 6.45) is 2.62. The summed E-state index contributed by atoms with van der Waals surface area (Å²) in [5.74, 6) is 0.0428. The minimum atomic E-state index is -0.151. The van der Waals surface area contributed by atoms with Gasteiger partial charge in [-0.15, -0.1) is 11.3 Å². The number of thioether (sulfide) groups is 1. The number of carbonyl (C=O) groups is 1. The molecule has 2 N–H and O–H groups in total. The van der Waals surface area contributed by atoms with Crippen molar-refractivity contribution in [2.75, 3.05) is 11.1 Å². The number of carbonyl (C=O) groups excluding carboxylic acids is 1. The molecule has 1 aliphatic rings. The molecule has 0 saturated carbocycles. The maximum Gasteiger partial charge on any atom is 0.254 e. The van der Waals surface area contributed by atoms with Gasteiger partial charge in [0, 0.05) is 10.4 Å². The van der Waals surface area contributed by atoms with Crippen LogP contribution in [-0.4, -0.2) is 26.6 Å². The Morgan fingerprint density at radius 3 is 2.91 bits per heavy atom. The molecule has 22 heavy (non-hydrogen) atoms. The standard InChI is InChI=1S/C14H16N4O2S2/c1-7-8(2)22-14(15-7)17-11(19)6-21-13-16-10-5-3-4-9(10)12(20)18-13/h3-6H2,1-2H3,(H,15,17,19)(H,16,18,20). The van der Waals surface area contributed by atoms with Gasteiger partial charge in [-0.1, -0.05) is 11.8 Å². The summed E-state index contributed by atoms with van der Waals surface area (Å²) >= 11 is 2.69. The van der Waals surface area contributed by atoms with Gasteiger partial charge < -0.3 is 10.3 Å². The van der Waals surface area contributed by atoms with Crippen LogP contribution in [0.4, 0.5) is 5.13 Å². The smallest absolute Gasteiger partial charge is 0.254 e. The summed E-state index contributed by atoms with van der Waals surface area (Å²) in [5, 5.41) is 3.88. The summed E-state index contributed by atoms with van der Waals surface area (Å²) in [5.41, 5.74) is 2.52. The lowest BCUT2D eigenvalue weighted by Gasteiger charge is -2.03. The van der Waals surface area contributed by atoms with Crippen molar-refractivity contribution in [3.8, 4) is 0 Å². The van der Waals surface area contributed by atoms with Crippen molar-refractivity contribution < 1.29 is 4.79 Å². The van der Waals surface area contributed by atoms with Crippen LogP contribution in [-0.2, 0) is 17.6 Å². The number of fused-ring (bicyclic) bond motifs is 1. The molecule has 3 rings (SSSR count). The maximum absolute atomic E-state index is 11.9. The van der Waals surface area contributed by atoms with E-state index in [1.165, 1.54) is 23.1 Å². The van der Waals surface area contributed by atoms with E-state index in [0.29, 0.717) is 10.3 Å². The van der Waals surface area contributed by atoms with Crippen molar-refractivity contribution in [2.24, 2.45) is 0 Å². The Balaban J connectivity index is 1.61. The van der Waals surface area contributed by atoms with Crippen LogP contribution in [0, 0.1) is 13.8 Å². The van der Waals surface area contributed by atoms with E-state index in [2.05, 4.69) is 20.3 Å². The van der Waals surface area contributed by atoms with Crippen molar-refractivity contribution >= 4 is 34.1 Å². The average Bonchev–Trinajstić information content (AvgIpc) is 3.04. The normalized spacial score (nSPS) is 13.2. The van der Waals surface area contributed by atoms with Crippen LogP contribution in [0.5, 0.6) is 0 Å². The number of thiazole rings is 1. The lowest BCUT2D eigenvalue weighted by molar-refractivity contribution is -0.113. The number of hydrogen-bond acceptors (Lipinski definition) is 6. The fourth-order valence-corrected chi connectivity index (χ4v) is 3.81. The topological polar surface area (TPSA) is 87.7 Å². The van der Waals surface area contributed by atoms with Crippen LogP contribution in [0.1, 0.15) is 28.2 Å². The van der Waals surface area contributed by atoms with E-state index >= 15 is 0 Å². The molecule has 0 aliphatic heterocycles. The van der Waals surface area contributed by atoms with Crippen LogP contribution in [0.2, 0.25) is 0 Å². The van der Waals surface area contributed by atoms with Gasteiger partial charge in [-0.05, 0) is 33.1 Å². The third kappa shape index (κ3) is 3.22. The fraction of sp³-hybridized carbons (Fsp3) is 0.429. The van der Waals surface area contributed by atoms with Gasteiger partial charge in [-0.25, -0.2) is 9.97 Å². The quantitative estimate of drug-likeness (QED) is 0.659. The van der Waals surface area contributed by atoms with E-state index in [1.54, 1.807) is 0 Å². The molecule has 0 atom stereocenters. The molecule has 2 aromatic heterocycles. The number of hydrogen-bond donors (Lipinski definition) is 2.